The molecule has 0 saturated carbocycles. The summed E-state index contributed by atoms with van der Waals surface area (Å²) in [6.45, 7) is 1.97. The average molecular weight is 644 g/mol. The lowest BCUT2D eigenvalue weighted by molar-refractivity contribution is -0.152. The largest absolute Gasteiger partial charge is 0.384 e. The molecule has 44 heavy (non-hydrogen) atoms. The number of rotatable bonds is 7. The van der Waals surface area contributed by atoms with Gasteiger partial charge in [-0.3, -0.25) is 19.8 Å². The molecule has 5 N–H and O–H groups in total. The van der Waals surface area contributed by atoms with Gasteiger partial charge in [0.1, 0.15) is 11.9 Å². The second-order valence-corrected chi connectivity index (χ2v) is 12.3. The second-order valence-electron chi connectivity index (χ2n) is 10.9. The molecule has 1 spiro atoms. The molecule has 3 heterocycles. The number of nitrogen functional groups attached to an aromatic ring is 1. The van der Waals surface area contributed by atoms with Crippen LogP contribution in [0.5, 0.6) is 0 Å². The summed E-state index contributed by atoms with van der Waals surface area (Å²) in [6, 6.07) is 8.44. The van der Waals surface area contributed by atoms with E-state index in [-0.39, 0.29) is 51.6 Å². The van der Waals surface area contributed by atoms with E-state index in [4.69, 9.17) is 32.2 Å². The predicted molar refractivity (Wildman–Crippen MR) is 159 cm³/mol. The normalized spacial score (nSPS) is 19.8. The van der Waals surface area contributed by atoms with Crippen molar-refractivity contribution in [2.24, 2.45) is 5.73 Å². The van der Waals surface area contributed by atoms with Gasteiger partial charge in [0.15, 0.2) is 5.79 Å². The van der Waals surface area contributed by atoms with E-state index < -0.39 is 48.1 Å². The Morgan fingerprint density at radius 3 is 2.57 bits per heavy atom. The smallest absolute Gasteiger partial charge is 0.299 e. The summed E-state index contributed by atoms with van der Waals surface area (Å²) >= 11 is 7.30. The summed E-state index contributed by atoms with van der Waals surface area (Å²) in [4.78, 5) is 42.0. The number of halogens is 3. The van der Waals surface area contributed by atoms with Gasteiger partial charge in [0.25, 0.3) is 11.8 Å². The summed E-state index contributed by atoms with van der Waals surface area (Å²) in [5, 5.41) is 15.0. The van der Waals surface area contributed by atoms with Crippen molar-refractivity contribution in [2.75, 3.05) is 26.3 Å². The lowest BCUT2D eigenvalue weighted by Gasteiger charge is -2.25. The van der Waals surface area contributed by atoms with Gasteiger partial charge in [0, 0.05) is 44.0 Å². The first-order valence-electron chi connectivity index (χ1n) is 13.8. The highest BCUT2D eigenvalue weighted by Gasteiger charge is 2.52. The Bertz CT molecular complexity index is 1690. The fourth-order valence-corrected chi connectivity index (χ4v) is 6.93. The molecule has 230 valence electrons. The third-order valence-corrected chi connectivity index (χ3v) is 9.43. The van der Waals surface area contributed by atoms with E-state index >= 15 is 8.78 Å². The number of nitrogens with two attached hydrogens (primary N) is 1. The monoisotopic (exact) mass is 643 g/mol. The third-order valence-electron chi connectivity index (χ3n) is 8.07. The molecule has 1 aromatic heterocycles. The highest BCUT2D eigenvalue weighted by atomic mass is 35.5. The van der Waals surface area contributed by atoms with E-state index in [1.54, 1.807) is 18.4 Å². The third kappa shape index (κ3) is 5.34. The van der Waals surface area contributed by atoms with Gasteiger partial charge < -0.3 is 30.7 Å². The van der Waals surface area contributed by atoms with Crippen LogP contribution in [-0.4, -0.2) is 66.6 Å². The number of benzene rings is 2. The van der Waals surface area contributed by atoms with Crippen molar-refractivity contribution < 1.29 is 32.6 Å². The Balaban J connectivity index is 1.15. The summed E-state index contributed by atoms with van der Waals surface area (Å²) in [5.74, 6) is -6.07. The summed E-state index contributed by atoms with van der Waals surface area (Å²) in [5.41, 5.74) is 6.24. The molecule has 2 aliphatic heterocycles. The van der Waals surface area contributed by atoms with Crippen LogP contribution >= 0.6 is 22.9 Å². The fraction of sp³-hybridized carbons (Fsp3) is 0.333. The van der Waals surface area contributed by atoms with Crippen LogP contribution in [-0.2, 0) is 25.0 Å². The first-order valence-corrected chi connectivity index (χ1v) is 15.1. The number of thiophene rings is 1. The molecular formula is C30H28ClF2N5O5S. The van der Waals surface area contributed by atoms with Gasteiger partial charge in [0.2, 0.25) is 11.8 Å². The van der Waals surface area contributed by atoms with Crippen LogP contribution in [0.25, 0.3) is 11.1 Å². The Morgan fingerprint density at radius 1 is 1.11 bits per heavy atom. The van der Waals surface area contributed by atoms with Gasteiger partial charge in [-0.25, -0.2) is 0 Å². The average Bonchev–Trinajstić information content (AvgIpc) is 3.78. The van der Waals surface area contributed by atoms with E-state index in [1.807, 2.05) is 0 Å². The molecule has 2 fully saturated rings. The minimum atomic E-state index is -3.26. The molecule has 6 rings (SSSR count). The van der Waals surface area contributed by atoms with Crippen LogP contribution < -0.4 is 16.4 Å². The first kappa shape index (κ1) is 30.1. The zero-order valence-electron chi connectivity index (χ0n) is 23.4. The van der Waals surface area contributed by atoms with E-state index in [0.717, 1.165) is 4.88 Å². The van der Waals surface area contributed by atoms with Crippen LogP contribution in [0.2, 0.25) is 5.02 Å². The molecule has 3 aromatic rings. The van der Waals surface area contributed by atoms with Gasteiger partial charge in [0.05, 0.1) is 32.3 Å². The van der Waals surface area contributed by atoms with Gasteiger partial charge in [-0.2, -0.15) is 8.78 Å². The van der Waals surface area contributed by atoms with Gasteiger partial charge in [-0.05, 0) is 48.4 Å². The van der Waals surface area contributed by atoms with Gasteiger partial charge >= 0.3 is 0 Å². The quantitative estimate of drug-likeness (QED) is 0.228. The second kappa shape index (κ2) is 11.2. The van der Waals surface area contributed by atoms with Gasteiger partial charge in [-0.1, -0.05) is 23.7 Å². The molecule has 1 aliphatic carbocycles. The van der Waals surface area contributed by atoms with E-state index in [9.17, 15) is 14.4 Å². The number of amides is 3. The molecule has 0 bridgehead atoms. The summed E-state index contributed by atoms with van der Waals surface area (Å²) in [6.07, 6.45) is 0.108. The molecule has 3 aliphatic rings. The van der Waals surface area contributed by atoms with Crippen LogP contribution in [0.15, 0.2) is 47.8 Å². The number of fused-ring (bicyclic) bond motifs is 3. The van der Waals surface area contributed by atoms with Crippen molar-refractivity contribution in [1.29, 1.82) is 5.41 Å². The zero-order chi connectivity index (χ0) is 31.4. The molecule has 0 radical (unpaired) electrons. The lowest BCUT2D eigenvalue weighted by Crippen LogP contribution is -2.49. The maximum Gasteiger partial charge on any atom is 0.299 e. The lowest BCUT2D eigenvalue weighted by atomic mass is 10.0. The zero-order valence-corrected chi connectivity index (χ0v) is 25.0. The minimum Gasteiger partial charge on any atom is -0.384 e. The molecule has 2 atom stereocenters. The van der Waals surface area contributed by atoms with Crippen molar-refractivity contribution in [2.45, 2.75) is 37.1 Å². The highest BCUT2D eigenvalue weighted by molar-refractivity contribution is 7.10. The summed E-state index contributed by atoms with van der Waals surface area (Å²) in [7, 11) is 0. The molecule has 2 aromatic carbocycles. The van der Waals surface area contributed by atoms with E-state index in [2.05, 4.69) is 10.6 Å². The van der Waals surface area contributed by atoms with E-state index in [0.29, 0.717) is 18.8 Å². The number of likely N-dealkylation sites (tertiary alicyclic amines) is 1. The predicted octanol–water partition coefficient (Wildman–Crippen LogP) is 3.76. The molecule has 10 nitrogen and oxygen atoms in total. The van der Waals surface area contributed by atoms with Crippen LogP contribution in [0.3, 0.4) is 0 Å². The Kier molecular flexibility index (Phi) is 7.68. The van der Waals surface area contributed by atoms with Crippen molar-refractivity contribution in [3.05, 3.63) is 80.0 Å². The number of nitrogens with one attached hydrogen (secondary N) is 3. The molecule has 1 unspecified atom stereocenters. The number of hydrogen-bond acceptors (Lipinski definition) is 7. The SMILES string of the molecule is CC(NC(=O)[C@@H]1CC2(CN1C(=O)CNC(=O)c1ccc3c(c1)-c1ccc(Cl)cc1C3(F)F)OCCO2)c1cc(C(=N)N)cs1. The first-order chi connectivity index (χ1) is 20.9. The molecule has 3 amide bonds. The minimum absolute atomic E-state index is 0.00503. The fourth-order valence-electron chi connectivity index (χ4n) is 5.84. The van der Waals surface area contributed by atoms with Crippen molar-refractivity contribution in [3.63, 3.8) is 0 Å². The number of hydrogen-bond donors (Lipinski definition) is 4. The highest BCUT2D eigenvalue weighted by Crippen LogP contribution is 2.51. The summed E-state index contributed by atoms with van der Waals surface area (Å²) < 4.78 is 41.6. The Hall–Kier alpha value is -3.91. The van der Waals surface area contributed by atoms with Crippen molar-refractivity contribution in [3.8, 4) is 11.1 Å². The number of alkyl halides is 2. The maximum atomic E-state index is 15.0. The van der Waals surface area contributed by atoms with Crippen LogP contribution in [0, 0.1) is 5.41 Å². The number of ether oxygens (including phenoxy) is 2. The van der Waals surface area contributed by atoms with Crippen LogP contribution in [0.4, 0.5) is 8.78 Å². The Labute approximate surface area is 260 Å². The number of carbonyl (C=O) groups excluding carboxylic acids is 3. The number of amidine groups is 1. The van der Waals surface area contributed by atoms with E-state index in [1.165, 1.54) is 52.6 Å². The van der Waals surface area contributed by atoms with Crippen molar-refractivity contribution in [1.82, 2.24) is 15.5 Å². The standard InChI is InChI=1S/C30H28ClF2N5O5S/c1-15(24-9-17(13-44-24)26(34)35)37-28(41)23-11-29(42-6-7-43-29)14-38(23)25(39)12-36-27(40)16-2-5-21-20(8-16)19-4-3-18(31)10-22(19)30(21,32)33/h2-5,8-10,13,15,23H,6-7,11-12,14H2,1H3,(H3,34,35)(H,36,40)(H,37,41)/t15?,23-/m0/s1. The molecule has 14 heteroatoms. The van der Waals surface area contributed by atoms with Crippen molar-refractivity contribution >= 4 is 46.5 Å². The molecule has 2 saturated heterocycles. The Morgan fingerprint density at radius 2 is 1.86 bits per heavy atom. The number of nitrogens with zero attached hydrogens (tertiary/aromatic N) is 1. The molecular weight excluding hydrogens is 616 g/mol. The topological polar surface area (TPSA) is 147 Å². The maximum absolute atomic E-state index is 15.0. The van der Waals surface area contributed by atoms with Crippen LogP contribution in [0.1, 0.15) is 51.3 Å². The number of carbonyl (C=O) groups is 3. The van der Waals surface area contributed by atoms with Gasteiger partial charge in [-0.15, -0.1) is 11.3 Å².